The predicted molar refractivity (Wildman–Crippen MR) is 110 cm³/mol. The highest BCUT2D eigenvalue weighted by Crippen LogP contribution is 2.16. The van der Waals surface area contributed by atoms with Crippen molar-refractivity contribution in [2.45, 2.75) is 26.6 Å². The lowest BCUT2D eigenvalue weighted by Crippen LogP contribution is -2.38. The first kappa shape index (κ1) is 22.2. The van der Waals surface area contributed by atoms with Gasteiger partial charge in [-0.1, -0.05) is 12.1 Å². The van der Waals surface area contributed by atoms with Gasteiger partial charge >= 0.3 is 6.61 Å². The molecule has 0 fully saturated rings. The zero-order chi connectivity index (χ0) is 18.2. The summed E-state index contributed by atoms with van der Waals surface area (Å²) in [5, 5.41) is 3.25. The summed E-state index contributed by atoms with van der Waals surface area (Å²) in [7, 11) is 3.96. The van der Waals surface area contributed by atoms with Crippen LogP contribution in [-0.2, 0) is 20.1 Å². The Bertz CT molecular complexity index is 706. The van der Waals surface area contributed by atoms with Crippen molar-refractivity contribution in [1.82, 2.24) is 14.8 Å². The maximum Gasteiger partial charge on any atom is 0.387 e. The van der Waals surface area contributed by atoms with Crippen molar-refractivity contribution in [3.05, 3.63) is 53.9 Å². The van der Waals surface area contributed by atoms with E-state index in [-0.39, 0.29) is 29.7 Å². The third-order valence-electron chi connectivity index (χ3n) is 3.68. The van der Waals surface area contributed by atoms with Gasteiger partial charge in [-0.15, -0.1) is 24.0 Å². The number of aliphatic imine (C=N–C) groups is 1. The molecule has 8 heteroatoms. The van der Waals surface area contributed by atoms with Crippen LogP contribution in [0, 0.1) is 0 Å². The summed E-state index contributed by atoms with van der Waals surface area (Å²) in [6.07, 6.45) is 2.00. The zero-order valence-electron chi connectivity index (χ0n) is 15.2. The fourth-order valence-corrected chi connectivity index (χ4v) is 2.43. The molecule has 0 amide bonds. The van der Waals surface area contributed by atoms with Crippen LogP contribution >= 0.6 is 24.0 Å². The van der Waals surface area contributed by atoms with E-state index in [0.717, 1.165) is 18.1 Å². The Kier molecular flexibility index (Phi) is 9.39. The molecule has 0 saturated carbocycles. The Hall–Kier alpha value is -1.84. The van der Waals surface area contributed by atoms with Crippen molar-refractivity contribution in [3.63, 3.8) is 0 Å². The number of benzene rings is 1. The molecule has 0 radical (unpaired) electrons. The number of guanidine groups is 1. The molecular formula is C18H25F2IN4O. The summed E-state index contributed by atoms with van der Waals surface area (Å²) in [6.45, 7) is 1.00. The average Bonchev–Trinajstić information content (AvgIpc) is 2.96. The van der Waals surface area contributed by atoms with E-state index in [2.05, 4.69) is 25.7 Å². The van der Waals surface area contributed by atoms with Crippen LogP contribution in [0.3, 0.4) is 0 Å². The molecule has 26 heavy (non-hydrogen) atoms. The maximum atomic E-state index is 12.3. The van der Waals surface area contributed by atoms with Crippen molar-refractivity contribution in [2.24, 2.45) is 12.0 Å². The summed E-state index contributed by atoms with van der Waals surface area (Å²) in [5.41, 5.74) is 1.97. The highest BCUT2D eigenvalue weighted by molar-refractivity contribution is 14.0. The van der Waals surface area contributed by atoms with E-state index in [4.69, 9.17) is 0 Å². The topological polar surface area (TPSA) is 41.8 Å². The lowest BCUT2D eigenvalue weighted by molar-refractivity contribution is -0.0498. The smallest absolute Gasteiger partial charge is 0.387 e. The first-order valence-electron chi connectivity index (χ1n) is 8.13. The van der Waals surface area contributed by atoms with E-state index in [1.807, 2.05) is 44.2 Å². The second-order valence-electron chi connectivity index (χ2n) is 5.66. The lowest BCUT2D eigenvalue weighted by atomic mass is 10.2. The maximum absolute atomic E-state index is 12.3. The molecule has 2 aromatic rings. The largest absolute Gasteiger partial charge is 0.435 e. The first-order chi connectivity index (χ1) is 12.0. The van der Waals surface area contributed by atoms with Crippen molar-refractivity contribution >= 4 is 29.9 Å². The van der Waals surface area contributed by atoms with Crippen LogP contribution < -0.4 is 10.1 Å². The van der Waals surface area contributed by atoms with Crippen LogP contribution in [0.15, 0.2) is 47.6 Å². The third-order valence-corrected chi connectivity index (χ3v) is 3.68. The summed E-state index contributed by atoms with van der Waals surface area (Å²) in [4.78, 5) is 6.62. The molecule has 0 spiro atoms. The van der Waals surface area contributed by atoms with Gasteiger partial charge in [0.05, 0.1) is 13.1 Å². The van der Waals surface area contributed by atoms with Crippen molar-refractivity contribution in [3.8, 4) is 5.75 Å². The van der Waals surface area contributed by atoms with Gasteiger partial charge in [0.25, 0.3) is 0 Å². The molecule has 5 nitrogen and oxygen atoms in total. The summed E-state index contributed by atoms with van der Waals surface area (Å²) >= 11 is 0. The molecule has 0 saturated heterocycles. The molecule has 2 rings (SSSR count). The number of alkyl halides is 2. The van der Waals surface area contributed by atoms with E-state index in [9.17, 15) is 8.78 Å². The van der Waals surface area contributed by atoms with Gasteiger partial charge in [0.15, 0.2) is 5.96 Å². The molecule has 0 aliphatic heterocycles. The Morgan fingerprint density at radius 3 is 2.69 bits per heavy atom. The number of hydrogen-bond donors (Lipinski definition) is 1. The van der Waals surface area contributed by atoms with Crippen LogP contribution in [0.4, 0.5) is 8.78 Å². The van der Waals surface area contributed by atoms with Crippen molar-refractivity contribution < 1.29 is 13.5 Å². The highest BCUT2D eigenvalue weighted by atomic mass is 127. The molecule has 0 unspecified atom stereocenters. The normalized spacial score (nSPS) is 11.2. The van der Waals surface area contributed by atoms with Gasteiger partial charge in [-0.2, -0.15) is 8.78 Å². The van der Waals surface area contributed by atoms with E-state index in [1.165, 1.54) is 11.8 Å². The second-order valence-corrected chi connectivity index (χ2v) is 5.66. The minimum atomic E-state index is -2.83. The number of nitrogens with one attached hydrogen (secondary N) is 1. The van der Waals surface area contributed by atoms with Gasteiger partial charge in [-0.05, 0) is 36.8 Å². The first-order valence-corrected chi connectivity index (χ1v) is 8.13. The number of ether oxygens (including phenoxy) is 1. The van der Waals surface area contributed by atoms with Gasteiger partial charge in [-0.3, -0.25) is 0 Å². The van der Waals surface area contributed by atoms with Gasteiger partial charge in [-0.25, -0.2) is 4.99 Å². The van der Waals surface area contributed by atoms with Crippen LogP contribution in [0.2, 0.25) is 0 Å². The van der Waals surface area contributed by atoms with Crippen LogP contribution in [0.1, 0.15) is 18.2 Å². The minimum Gasteiger partial charge on any atom is -0.435 e. The Labute approximate surface area is 170 Å². The second kappa shape index (κ2) is 11.0. The Morgan fingerprint density at radius 1 is 1.31 bits per heavy atom. The van der Waals surface area contributed by atoms with E-state index >= 15 is 0 Å². The van der Waals surface area contributed by atoms with Gasteiger partial charge in [0, 0.05) is 32.5 Å². The number of nitrogens with zero attached hydrogens (tertiary/aromatic N) is 3. The molecule has 144 valence electrons. The fraction of sp³-hybridized carbons (Fsp3) is 0.389. The quantitative estimate of drug-likeness (QED) is 0.374. The monoisotopic (exact) mass is 478 g/mol. The highest BCUT2D eigenvalue weighted by Gasteiger charge is 2.09. The van der Waals surface area contributed by atoms with E-state index < -0.39 is 6.61 Å². The van der Waals surface area contributed by atoms with Crippen molar-refractivity contribution in [1.29, 1.82) is 0 Å². The standard InChI is InChI=1S/C18H24F2N4O.HI/c1-4-21-18(24(3)13-15-8-6-10-23(15)2)22-12-14-7-5-9-16(11-14)25-17(19)20;/h5-11,17H,4,12-13H2,1-3H3,(H,21,22);1H. The molecule has 1 aromatic heterocycles. The van der Waals surface area contributed by atoms with E-state index in [0.29, 0.717) is 13.1 Å². The minimum absolute atomic E-state index is 0. The molecule has 1 aromatic carbocycles. The number of aryl methyl sites for hydroxylation is 1. The molecule has 1 heterocycles. The number of hydrogen-bond acceptors (Lipinski definition) is 2. The van der Waals surface area contributed by atoms with Crippen molar-refractivity contribution in [2.75, 3.05) is 13.6 Å². The number of aromatic nitrogens is 1. The molecule has 0 atom stereocenters. The summed E-state index contributed by atoms with van der Waals surface area (Å²) in [5.74, 6) is 0.897. The third kappa shape index (κ3) is 6.81. The summed E-state index contributed by atoms with van der Waals surface area (Å²) < 4.78 is 31.1. The van der Waals surface area contributed by atoms with Gasteiger partial charge in [0.1, 0.15) is 5.75 Å². The van der Waals surface area contributed by atoms with Crippen LogP contribution in [-0.4, -0.2) is 35.6 Å². The predicted octanol–water partition coefficient (Wildman–Crippen LogP) is 3.84. The Balaban J connectivity index is 0.00000338. The van der Waals surface area contributed by atoms with Gasteiger partial charge in [0.2, 0.25) is 0 Å². The fourth-order valence-electron chi connectivity index (χ4n) is 2.43. The SMILES string of the molecule is CCNC(=NCc1cccc(OC(F)F)c1)N(C)Cc1cccn1C.I. The molecular weight excluding hydrogens is 453 g/mol. The van der Waals surface area contributed by atoms with Gasteiger partial charge < -0.3 is 19.5 Å². The lowest BCUT2D eigenvalue weighted by Gasteiger charge is -2.22. The molecule has 0 aliphatic rings. The Morgan fingerprint density at radius 2 is 2.08 bits per heavy atom. The zero-order valence-corrected chi connectivity index (χ0v) is 17.5. The molecule has 1 N–H and O–H groups in total. The van der Waals surface area contributed by atoms with Crippen LogP contribution in [0.25, 0.3) is 0 Å². The summed E-state index contributed by atoms with van der Waals surface area (Å²) in [6, 6.07) is 10.7. The number of halogens is 3. The molecule has 0 bridgehead atoms. The van der Waals surface area contributed by atoms with Crippen LogP contribution in [0.5, 0.6) is 5.75 Å². The molecule has 0 aliphatic carbocycles. The van der Waals surface area contributed by atoms with E-state index in [1.54, 1.807) is 12.1 Å². The average molecular weight is 478 g/mol. The number of rotatable bonds is 7.